The highest BCUT2D eigenvalue weighted by Gasteiger charge is 2.50. The summed E-state index contributed by atoms with van der Waals surface area (Å²) < 4.78 is 13.9. The number of aromatic amines is 1. The van der Waals surface area contributed by atoms with Gasteiger partial charge in [0.15, 0.2) is 5.43 Å². The minimum absolute atomic E-state index is 0.148. The van der Waals surface area contributed by atoms with Crippen molar-refractivity contribution in [1.82, 2.24) is 14.8 Å². The number of imide groups is 1. The topological polar surface area (TPSA) is 73.5 Å². The zero-order valence-electron chi connectivity index (χ0n) is 13.1. The summed E-state index contributed by atoms with van der Waals surface area (Å²) in [6, 6.07) is 5.83. The van der Waals surface area contributed by atoms with Crippen LogP contribution in [-0.2, 0) is 16.1 Å². The lowest BCUT2D eigenvalue weighted by atomic mass is 10.00. The molecule has 0 bridgehead atoms. The molecule has 3 heterocycles. The number of hydrogen-bond acceptors (Lipinski definition) is 4. The number of likely N-dealkylation sites (tertiary alicyclic amines) is 2. The molecule has 4 rings (SSSR count). The predicted octanol–water partition coefficient (Wildman–Crippen LogP) is 0.714. The van der Waals surface area contributed by atoms with Crippen LogP contribution < -0.4 is 5.43 Å². The smallest absolute Gasteiger partial charge is 0.234 e. The van der Waals surface area contributed by atoms with E-state index in [-0.39, 0.29) is 34.6 Å². The molecule has 6 nitrogen and oxygen atoms in total. The number of nitrogens with zero attached hydrogens (tertiary/aromatic N) is 2. The molecular weight excluding hydrogens is 313 g/mol. The van der Waals surface area contributed by atoms with Gasteiger partial charge < -0.3 is 4.98 Å². The number of pyridine rings is 1. The second-order valence-corrected chi connectivity index (χ2v) is 6.46. The Morgan fingerprint density at radius 3 is 2.50 bits per heavy atom. The fraction of sp³-hybridized carbons (Fsp3) is 0.353. The first kappa shape index (κ1) is 15.0. The first-order valence-corrected chi connectivity index (χ1v) is 7.80. The number of hydrogen-bond donors (Lipinski definition) is 1. The molecule has 2 fully saturated rings. The first-order chi connectivity index (χ1) is 11.5. The SMILES string of the molecule is CN1C(=O)[C@H]2CN(Cc3cc(=O)c4cccc(F)c4[nH]3)C[C@H]2C1=O. The number of rotatable bonds is 2. The van der Waals surface area contributed by atoms with Crippen LogP contribution in [0.1, 0.15) is 5.69 Å². The Hall–Kier alpha value is -2.54. The molecule has 1 aromatic heterocycles. The normalized spacial score (nSPS) is 24.2. The zero-order valence-corrected chi connectivity index (χ0v) is 13.1. The van der Waals surface area contributed by atoms with Crippen molar-refractivity contribution in [2.75, 3.05) is 20.1 Å². The Morgan fingerprint density at radius 2 is 1.83 bits per heavy atom. The van der Waals surface area contributed by atoms with Crippen molar-refractivity contribution < 1.29 is 14.0 Å². The fourth-order valence-corrected chi connectivity index (χ4v) is 3.74. The number of carbonyl (C=O) groups is 2. The van der Waals surface area contributed by atoms with Crippen LogP contribution in [0, 0.1) is 17.7 Å². The number of fused-ring (bicyclic) bond motifs is 2. The van der Waals surface area contributed by atoms with Crippen LogP contribution in [0.2, 0.25) is 0 Å². The van der Waals surface area contributed by atoms with Gasteiger partial charge in [0.25, 0.3) is 0 Å². The minimum Gasteiger partial charge on any atom is -0.355 e. The van der Waals surface area contributed by atoms with Crippen molar-refractivity contribution in [3.63, 3.8) is 0 Å². The molecule has 2 aliphatic heterocycles. The van der Waals surface area contributed by atoms with E-state index in [4.69, 9.17) is 0 Å². The van der Waals surface area contributed by atoms with Crippen molar-refractivity contribution in [2.24, 2.45) is 11.8 Å². The van der Waals surface area contributed by atoms with E-state index in [1.165, 1.54) is 30.1 Å². The van der Waals surface area contributed by atoms with Crippen LogP contribution in [0.5, 0.6) is 0 Å². The van der Waals surface area contributed by atoms with Crippen molar-refractivity contribution in [2.45, 2.75) is 6.54 Å². The van der Waals surface area contributed by atoms with E-state index < -0.39 is 5.82 Å². The molecule has 7 heteroatoms. The number of halogens is 1. The summed E-state index contributed by atoms with van der Waals surface area (Å²) in [7, 11) is 1.51. The molecule has 2 aliphatic rings. The Labute approximate surface area is 136 Å². The van der Waals surface area contributed by atoms with Gasteiger partial charge in [0.2, 0.25) is 11.8 Å². The molecule has 2 aromatic rings. The largest absolute Gasteiger partial charge is 0.355 e. The van der Waals surface area contributed by atoms with Gasteiger partial charge in [-0.2, -0.15) is 0 Å². The molecule has 1 aromatic carbocycles. The molecule has 24 heavy (non-hydrogen) atoms. The van der Waals surface area contributed by atoms with Gasteiger partial charge in [0, 0.05) is 43.8 Å². The van der Waals surface area contributed by atoms with Crippen LogP contribution >= 0.6 is 0 Å². The van der Waals surface area contributed by atoms with Gasteiger partial charge in [0.1, 0.15) is 5.82 Å². The fourth-order valence-electron chi connectivity index (χ4n) is 3.74. The number of benzene rings is 1. The molecule has 0 aliphatic carbocycles. The van der Waals surface area contributed by atoms with Crippen LogP contribution in [0.25, 0.3) is 10.9 Å². The number of H-pyrrole nitrogens is 1. The summed E-state index contributed by atoms with van der Waals surface area (Å²) in [4.78, 5) is 42.3. The number of aromatic nitrogens is 1. The Morgan fingerprint density at radius 1 is 1.17 bits per heavy atom. The number of nitrogens with one attached hydrogen (secondary N) is 1. The molecular formula is C17H16FN3O3. The third-order valence-corrected chi connectivity index (χ3v) is 4.95. The number of para-hydroxylation sites is 1. The summed E-state index contributed by atoms with van der Waals surface area (Å²) in [6.07, 6.45) is 0. The van der Waals surface area contributed by atoms with E-state index in [9.17, 15) is 18.8 Å². The lowest BCUT2D eigenvalue weighted by molar-refractivity contribution is -0.138. The Kier molecular flexibility index (Phi) is 3.28. The molecule has 0 radical (unpaired) electrons. The second-order valence-electron chi connectivity index (χ2n) is 6.46. The van der Waals surface area contributed by atoms with E-state index in [2.05, 4.69) is 4.98 Å². The van der Waals surface area contributed by atoms with Crippen LogP contribution in [0.15, 0.2) is 29.1 Å². The molecule has 0 saturated carbocycles. The van der Waals surface area contributed by atoms with Crippen LogP contribution in [-0.4, -0.2) is 46.7 Å². The molecule has 2 atom stereocenters. The molecule has 2 saturated heterocycles. The van der Waals surface area contributed by atoms with Crippen molar-refractivity contribution in [3.05, 3.63) is 46.0 Å². The predicted molar refractivity (Wildman–Crippen MR) is 84.6 cm³/mol. The summed E-state index contributed by atoms with van der Waals surface area (Å²) in [5.74, 6) is -1.40. The van der Waals surface area contributed by atoms with Gasteiger partial charge in [-0.25, -0.2) is 4.39 Å². The van der Waals surface area contributed by atoms with Gasteiger partial charge in [-0.1, -0.05) is 6.07 Å². The summed E-state index contributed by atoms with van der Waals surface area (Å²) >= 11 is 0. The second kappa shape index (κ2) is 5.24. The standard InChI is InChI=1S/C17H16FN3O3/c1-20-16(23)11-7-21(8-12(11)17(20)24)6-9-5-14(22)10-3-2-4-13(18)15(10)19-9/h2-5,11-12H,6-8H2,1H3,(H,19,22)/t11-,12+. The summed E-state index contributed by atoms with van der Waals surface area (Å²) in [5, 5.41) is 0.309. The van der Waals surface area contributed by atoms with E-state index in [1.807, 2.05) is 4.90 Å². The highest BCUT2D eigenvalue weighted by Crippen LogP contribution is 2.33. The number of carbonyl (C=O) groups excluding carboxylic acids is 2. The first-order valence-electron chi connectivity index (χ1n) is 7.80. The van der Waals surface area contributed by atoms with Gasteiger partial charge in [-0.05, 0) is 12.1 Å². The lowest BCUT2D eigenvalue weighted by Crippen LogP contribution is -2.33. The molecule has 124 valence electrons. The summed E-state index contributed by atoms with van der Waals surface area (Å²) in [6.45, 7) is 1.31. The number of amides is 2. The average Bonchev–Trinajstić information content (AvgIpc) is 3.04. The zero-order chi connectivity index (χ0) is 17.0. The maximum Gasteiger partial charge on any atom is 0.234 e. The quantitative estimate of drug-likeness (QED) is 0.824. The highest BCUT2D eigenvalue weighted by molar-refractivity contribution is 6.05. The Bertz CT molecular complexity index is 899. The third kappa shape index (κ3) is 2.16. The maximum atomic E-state index is 13.9. The highest BCUT2D eigenvalue weighted by atomic mass is 19.1. The van der Waals surface area contributed by atoms with Gasteiger partial charge >= 0.3 is 0 Å². The van der Waals surface area contributed by atoms with Crippen molar-refractivity contribution in [3.8, 4) is 0 Å². The summed E-state index contributed by atoms with van der Waals surface area (Å²) in [5.41, 5.74) is 0.515. The van der Waals surface area contributed by atoms with Crippen LogP contribution in [0.3, 0.4) is 0 Å². The van der Waals surface area contributed by atoms with Gasteiger partial charge in [-0.3, -0.25) is 24.2 Å². The molecule has 2 amide bonds. The maximum absolute atomic E-state index is 13.9. The average molecular weight is 329 g/mol. The van der Waals surface area contributed by atoms with Gasteiger partial charge in [0.05, 0.1) is 17.4 Å². The monoisotopic (exact) mass is 329 g/mol. The van der Waals surface area contributed by atoms with E-state index >= 15 is 0 Å². The van der Waals surface area contributed by atoms with Crippen molar-refractivity contribution >= 4 is 22.7 Å². The third-order valence-electron chi connectivity index (χ3n) is 4.95. The van der Waals surface area contributed by atoms with E-state index in [0.717, 1.165) is 0 Å². The van der Waals surface area contributed by atoms with Gasteiger partial charge in [-0.15, -0.1) is 0 Å². The minimum atomic E-state index is -0.475. The van der Waals surface area contributed by atoms with E-state index in [0.29, 0.717) is 30.7 Å². The lowest BCUT2D eigenvalue weighted by Gasteiger charge is -2.18. The molecule has 0 unspecified atom stereocenters. The molecule has 1 N–H and O–H groups in total. The van der Waals surface area contributed by atoms with E-state index in [1.54, 1.807) is 6.07 Å². The molecule has 0 spiro atoms. The van der Waals surface area contributed by atoms with Crippen molar-refractivity contribution in [1.29, 1.82) is 0 Å². The Balaban J connectivity index is 1.60. The van der Waals surface area contributed by atoms with Crippen LogP contribution in [0.4, 0.5) is 4.39 Å².